The van der Waals surface area contributed by atoms with Crippen molar-refractivity contribution in [3.8, 4) is 0 Å². The average molecular weight is 1170 g/mol. The highest BCUT2D eigenvalue weighted by molar-refractivity contribution is 5.97. The molecule has 0 amide bonds. The first-order valence-corrected chi connectivity index (χ1v) is 34.8. The molecule has 5 aliphatic carbocycles. The maximum Gasteiger partial charge on any atom is 0.159 e. The van der Waals surface area contributed by atoms with Gasteiger partial charge >= 0.3 is 0 Å². The molecule has 0 radical (unpaired) electrons. The first-order chi connectivity index (χ1) is 40.0. The molecule has 5 rings (SSSR count). The maximum absolute atomic E-state index is 14.6. The zero-order chi connectivity index (χ0) is 64.4. The first-order valence-electron chi connectivity index (χ1n) is 34.8. The standard InChI is InChI=1S/C37H59NO3.C37H60O.C4H8.C2H6/c1-11-13-18-30(27(7)32(39)21-14-12-2)23-33(40)34-31(22-25(5)37(34,9)10)36(41)35(29-19-16-15-17-20-29)38-28(8)26(6)24(3)4;1-10-11-18-27(3)28(4)19-14-12-17-22-30-32(24-33-34(30)37(33,8)9)35(38)31(29-20-15-13-16-21-29)23-26(2)25-36(5,6)7;1-3-4-2;1-2/h11-12,24-26,29-31,34-35,38H,1-2,7-8,13-23H2,3-6,9-10H3;10,29-34H,1-4,11-25H2,5-9H3;3H,1,4H2,2H3;1-2H3. The van der Waals surface area contributed by atoms with Gasteiger partial charge in [0.25, 0.3) is 0 Å². The van der Waals surface area contributed by atoms with Gasteiger partial charge in [-0.2, -0.15) is 0 Å². The van der Waals surface area contributed by atoms with Crippen LogP contribution in [-0.2, 0) is 19.2 Å². The summed E-state index contributed by atoms with van der Waals surface area (Å²) in [7, 11) is 0. The zero-order valence-electron chi connectivity index (χ0n) is 58.0. The molecule has 5 heteroatoms. The summed E-state index contributed by atoms with van der Waals surface area (Å²) >= 11 is 0. The molecule has 0 heterocycles. The summed E-state index contributed by atoms with van der Waals surface area (Å²) in [5.74, 6) is 4.34. The van der Waals surface area contributed by atoms with Gasteiger partial charge in [0.1, 0.15) is 11.6 Å². The van der Waals surface area contributed by atoms with Gasteiger partial charge in [-0.1, -0.05) is 222 Å². The zero-order valence-corrected chi connectivity index (χ0v) is 58.0. The fourth-order valence-corrected chi connectivity index (χ4v) is 15.6. The minimum atomic E-state index is -0.379. The van der Waals surface area contributed by atoms with Crippen molar-refractivity contribution in [3.63, 3.8) is 0 Å². The lowest BCUT2D eigenvalue weighted by atomic mass is 9.68. The Morgan fingerprint density at radius 3 is 1.72 bits per heavy atom. The van der Waals surface area contributed by atoms with Crippen molar-refractivity contribution in [2.75, 3.05) is 0 Å². The van der Waals surface area contributed by atoms with E-state index >= 15 is 0 Å². The summed E-state index contributed by atoms with van der Waals surface area (Å²) in [6, 6.07) is -0.308. The predicted octanol–water partition coefficient (Wildman–Crippen LogP) is 22.5. The van der Waals surface area contributed by atoms with Crippen molar-refractivity contribution in [3.05, 3.63) is 112 Å². The van der Waals surface area contributed by atoms with Gasteiger partial charge in [-0.3, -0.25) is 19.2 Å². The number of ketones is 4. The van der Waals surface area contributed by atoms with E-state index in [4.69, 9.17) is 0 Å². The van der Waals surface area contributed by atoms with Gasteiger partial charge in [-0.15, -0.1) is 26.3 Å². The Balaban J connectivity index is 0.000000532. The lowest BCUT2D eigenvalue weighted by molar-refractivity contribution is -0.136. The minimum absolute atomic E-state index is 0.00205. The quantitative estimate of drug-likeness (QED) is 0.0296. The molecule has 11 atom stereocenters. The SMILES string of the molecule is C=CCC.C=CCCC(=C)C(=C)CCCCCC1C(C(=O)C(CC(=C)CC(C)(C)C)C2CCCCC2)CC2C1C2(C)C.C=CCCC(=O)C(=C)C(CCC=C)CC(=O)C1C(C(=O)C(NC(=C)C(C)C(C)C)C2CCCCC2)CC(C)C1(C)C.CC. The lowest BCUT2D eigenvalue weighted by Gasteiger charge is -2.37. The molecule has 5 aliphatic rings. The number of unbranched alkanes of at least 4 members (excludes halogenated alkanes) is 2. The molecule has 85 heavy (non-hydrogen) atoms. The van der Waals surface area contributed by atoms with Crippen LogP contribution in [0.2, 0.25) is 0 Å². The number of allylic oxidation sites excluding steroid dienone is 9. The molecular weight excluding hydrogens is 1040 g/mol. The fourth-order valence-electron chi connectivity index (χ4n) is 15.6. The van der Waals surface area contributed by atoms with E-state index in [2.05, 4.69) is 148 Å². The third-order valence-electron chi connectivity index (χ3n) is 21.5. The van der Waals surface area contributed by atoms with E-state index < -0.39 is 0 Å². The molecule has 5 fully saturated rings. The molecule has 0 saturated heterocycles. The molecule has 0 aromatic rings. The van der Waals surface area contributed by atoms with Crippen LogP contribution >= 0.6 is 0 Å². The Morgan fingerprint density at radius 1 is 0.647 bits per heavy atom. The Bertz CT molecular complexity index is 2190. The van der Waals surface area contributed by atoms with Crippen LogP contribution in [0.15, 0.2) is 112 Å². The van der Waals surface area contributed by atoms with E-state index in [0.717, 1.165) is 94.6 Å². The Morgan fingerprint density at radius 2 is 1.19 bits per heavy atom. The van der Waals surface area contributed by atoms with Gasteiger partial charge in [0.15, 0.2) is 11.6 Å². The second-order valence-electron chi connectivity index (χ2n) is 29.9. The van der Waals surface area contributed by atoms with E-state index in [1.807, 2.05) is 32.1 Å². The monoisotopic (exact) mass is 1170 g/mol. The number of nitrogens with one attached hydrogen (secondary N) is 1. The van der Waals surface area contributed by atoms with Crippen molar-refractivity contribution in [2.24, 2.45) is 93.2 Å². The molecule has 482 valence electrons. The average Bonchev–Trinajstić information content (AvgIpc) is 1.61. The van der Waals surface area contributed by atoms with Gasteiger partial charge in [0.2, 0.25) is 0 Å². The topological polar surface area (TPSA) is 80.3 Å². The van der Waals surface area contributed by atoms with Gasteiger partial charge in [-0.05, 0) is 184 Å². The maximum atomic E-state index is 14.6. The number of carbonyl (C=O) groups is 4. The highest BCUT2D eigenvalue weighted by atomic mass is 16.1. The van der Waals surface area contributed by atoms with Crippen molar-refractivity contribution in [1.82, 2.24) is 5.32 Å². The lowest BCUT2D eigenvalue weighted by Crippen LogP contribution is -2.49. The first kappa shape index (κ1) is 77.2. The number of fused-ring (bicyclic) bond motifs is 1. The van der Waals surface area contributed by atoms with E-state index in [0.29, 0.717) is 66.1 Å². The van der Waals surface area contributed by atoms with E-state index in [1.165, 1.54) is 80.9 Å². The highest BCUT2D eigenvalue weighted by Crippen LogP contribution is 2.72. The van der Waals surface area contributed by atoms with Crippen LogP contribution < -0.4 is 5.32 Å². The number of rotatable bonds is 35. The summed E-state index contributed by atoms with van der Waals surface area (Å²) in [5, 5.41) is 3.63. The Labute approximate surface area is 526 Å². The van der Waals surface area contributed by atoms with E-state index in [9.17, 15) is 19.2 Å². The predicted molar refractivity (Wildman–Crippen MR) is 370 cm³/mol. The summed E-state index contributed by atoms with van der Waals surface area (Å²) < 4.78 is 0. The molecule has 5 nitrogen and oxygen atoms in total. The van der Waals surface area contributed by atoms with E-state index in [-0.39, 0.29) is 82.1 Å². The number of carbonyl (C=O) groups excluding carboxylic acids is 4. The highest BCUT2D eigenvalue weighted by Gasteiger charge is 2.67. The number of Topliss-reactive ketones (excluding diaryl/α,β-unsaturated/α-hetero) is 4. The molecular formula is C80H133NO4. The molecule has 11 unspecified atom stereocenters. The second kappa shape index (κ2) is 37.9. The van der Waals surface area contributed by atoms with Crippen molar-refractivity contribution in [1.29, 1.82) is 0 Å². The molecule has 0 aromatic carbocycles. The van der Waals surface area contributed by atoms with Crippen LogP contribution in [0.3, 0.4) is 0 Å². The Kier molecular flexibility index (Phi) is 34.4. The van der Waals surface area contributed by atoms with Crippen molar-refractivity contribution >= 4 is 23.1 Å². The fraction of sp³-hybridized carbons (Fsp3) is 0.725. The van der Waals surface area contributed by atoms with Crippen LogP contribution in [0.4, 0.5) is 0 Å². The smallest absolute Gasteiger partial charge is 0.159 e. The summed E-state index contributed by atoms with van der Waals surface area (Å²) in [6.45, 7) is 67.3. The number of hydrogen-bond acceptors (Lipinski definition) is 5. The molecule has 0 bridgehead atoms. The minimum Gasteiger partial charge on any atom is -0.379 e. The van der Waals surface area contributed by atoms with Gasteiger partial charge in [0.05, 0.1) is 6.04 Å². The van der Waals surface area contributed by atoms with Gasteiger partial charge in [0, 0.05) is 42.2 Å². The molecule has 0 aromatic heterocycles. The Hall–Kier alpha value is -3.86. The normalized spacial score (nSPS) is 24.5. The van der Waals surface area contributed by atoms with Gasteiger partial charge in [-0.25, -0.2) is 0 Å². The van der Waals surface area contributed by atoms with Crippen LogP contribution in [0, 0.1) is 93.2 Å². The second-order valence-corrected chi connectivity index (χ2v) is 29.9. The van der Waals surface area contributed by atoms with Gasteiger partial charge < -0.3 is 5.32 Å². The van der Waals surface area contributed by atoms with Crippen LogP contribution in [0.1, 0.15) is 270 Å². The van der Waals surface area contributed by atoms with Crippen LogP contribution in [0.5, 0.6) is 0 Å². The van der Waals surface area contributed by atoms with Crippen LogP contribution in [-0.4, -0.2) is 29.2 Å². The molecule has 0 aliphatic heterocycles. The van der Waals surface area contributed by atoms with Crippen molar-refractivity contribution < 1.29 is 19.2 Å². The summed E-state index contributed by atoms with van der Waals surface area (Å²) in [4.78, 5) is 56.1. The third kappa shape index (κ3) is 23.6. The third-order valence-corrected chi connectivity index (χ3v) is 21.5. The summed E-state index contributed by atoms with van der Waals surface area (Å²) in [5.41, 5.74) is 5.53. The largest absolute Gasteiger partial charge is 0.379 e. The summed E-state index contributed by atoms with van der Waals surface area (Å²) in [6.07, 6.45) is 34.8. The number of hydrogen-bond donors (Lipinski definition) is 1. The molecule has 0 spiro atoms. The molecule has 5 saturated carbocycles. The van der Waals surface area contributed by atoms with Crippen molar-refractivity contribution in [2.45, 2.75) is 276 Å². The van der Waals surface area contributed by atoms with E-state index in [1.54, 1.807) is 6.08 Å². The van der Waals surface area contributed by atoms with Crippen LogP contribution in [0.25, 0.3) is 0 Å². The molecule has 1 N–H and O–H groups in total.